The van der Waals surface area contributed by atoms with E-state index in [9.17, 15) is 0 Å². The van der Waals surface area contributed by atoms with Crippen LogP contribution in [0.1, 0.15) is 19.5 Å². The molecule has 0 spiro atoms. The van der Waals surface area contributed by atoms with Crippen molar-refractivity contribution >= 4 is 0 Å². The second-order valence-corrected chi connectivity index (χ2v) is 3.23. The number of hydrogen-bond donors (Lipinski definition) is 0. The summed E-state index contributed by atoms with van der Waals surface area (Å²) in [6, 6.07) is 5.85. The maximum Gasteiger partial charge on any atom is 0.0887 e. The van der Waals surface area contributed by atoms with Crippen LogP contribution < -0.4 is 0 Å². The predicted molar refractivity (Wildman–Crippen MR) is 48.7 cm³/mol. The molecule has 0 aromatic carbocycles. The number of ether oxygens (including phenoxy) is 1. The lowest BCUT2D eigenvalue weighted by Gasteiger charge is -2.05. The second-order valence-electron chi connectivity index (χ2n) is 3.23. The van der Waals surface area contributed by atoms with Gasteiger partial charge in [-0.25, -0.2) is 0 Å². The minimum atomic E-state index is 0.591. The smallest absolute Gasteiger partial charge is 0.0887 e. The third kappa shape index (κ3) is 3.49. The Morgan fingerprint density at radius 2 is 2.25 bits per heavy atom. The minimum Gasteiger partial charge on any atom is -0.375 e. The van der Waals surface area contributed by atoms with Crippen molar-refractivity contribution in [3.63, 3.8) is 0 Å². The number of hydrogen-bond acceptors (Lipinski definition) is 2. The maximum atomic E-state index is 5.42. The molecule has 0 atom stereocenters. The average molecular weight is 165 g/mol. The summed E-state index contributed by atoms with van der Waals surface area (Å²) in [6.45, 7) is 5.70. The topological polar surface area (TPSA) is 22.1 Å². The van der Waals surface area contributed by atoms with E-state index in [1.165, 1.54) is 0 Å². The average Bonchev–Trinajstić information content (AvgIpc) is 2.05. The zero-order chi connectivity index (χ0) is 8.81. The molecule has 66 valence electrons. The molecule has 2 heteroatoms. The van der Waals surface area contributed by atoms with E-state index in [1.54, 1.807) is 6.20 Å². The predicted octanol–water partition coefficient (Wildman–Crippen LogP) is 2.25. The van der Waals surface area contributed by atoms with Gasteiger partial charge in [0.15, 0.2) is 0 Å². The van der Waals surface area contributed by atoms with Gasteiger partial charge in [-0.05, 0) is 18.1 Å². The number of pyridine rings is 1. The Morgan fingerprint density at radius 3 is 2.83 bits per heavy atom. The molecule has 1 rings (SSSR count). The summed E-state index contributed by atoms with van der Waals surface area (Å²) in [5, 5.41) is 0. The zero-order valence-electron chi connectivity index (χ0n) is 7.66. The molecule has 1 aromatic rings. The molecule has 1 aromatic heterocycles. The molecule has 0 amide bonds. The van der Waals surface area contributed by atoms with Crippen molar-refractivity contribution in [2.24, 2.45) is 5.92 Å². The fourth-order valence-corrected chi connectivity index (χ4v) is 0.883. The van der Waals surface area contributed by atoms with Gasteiger partial charge >= 0.3 is 0 Å². The molecule has 2 nitrogen and oxygen atoms in total. The molecular weight excluding hydrogens is 150 g/mol. The number of nitrogens with zero attached hydrogens (tertiary/aromatic N) is 1. The first-order chi connectivity index (χ1) is 5.79. The number of rotatable bonds is 4. The van der Waals surface area contributed by atoms with Crippen LogP contribution in [0.2, 0.25) is 0 Å². The summed E-state index contributed by atoms with van der Waals surface area (Å²) < 4.78 is 5.42. The summed E-state index contributed by atoms with van der Waals surface area (Å²) in [5.74, 6) is 0.591. The van der Waals surface area contributed by atoms with Gasteiger partial charge in [0, 0.05) is 12.8 Å². The van der Waals surface area contributed by atoms with Crippen molar-refractivity contribution in [3.05, 3.63) is 30.1 Å². The molecule has 12 heavy (non-hydrogen) atoms. The third-order valence-corrected chi connectivity index (χ3v) is 1.43. The molecule has 1 heterocycles. The van der Waals surface area contributed by atoms with Gasteiger partial charge in [0.1, 0.15) is 0 Å². The first kappa shape index (κ1) is 9.20. The van der Waals surface area contributed by atoms with Crippen molar-refractivity contribution in [2.45, 2.75) is 20.5 Å². The molecule has 0 fully saturated rings. The van der Waals surface area contributed by atoms with Gasteiger partial charge < -0.3 is 4.74 Å². The molecule has 0 N–H and O–H groups in total. The van der Waals surface area contributed by atoms with Crippen molar-refractivity contribution in [1.82, 2.24) is 4.98 Å². The van der Waals surface area contributed by atoms with E-state index in [2.05, 4.69) is 18.8 Å². The van der Waals surface area contributed by atoms with Crippen LogP contribution in [-0.2, 0) is 11.3 Å². The third-order valence-electron chi connectivity index (χ3n) is 1.43. The quantitative estimate of drug-likeness (QED) is 0.682. The van der Waals surface area contributed by atoms with Gasteiger partial charge in [-0.3, -0.25) is 4.98 Å². The van der Waals surface area contributed by atoms with Gasteiger partial charge in [0.25, 0.3) is 0 Å². The first-order valence-electron chi connectivity index (χ1n) is 4.26. The second kappa shape index (κ2) is 4.88. The first-order valence-corrected chi connectivity index (χ1v) is 4.26. The molecule has 0 aliphatic rings. The van der Waals surface area contributed by atoms with Crippen LogP contribution in [0.4, 0.5) is 0 Å². The van der Waals surface area contributed by atoms with Gasteiger partial charge in [-0.1, -0.05) is 19.9 Å². The van der Waals surface area contributed by atoms with E-state index >= 15 is 0 Å². The van der Waals surface area contributed by atoms with Crippen LogP contribution in [0.15, 0.2) is 24.4 Å². The fraction of sp³-hybridized carbons (Fsp3) is 0.500. The Kier molecular flexibility index (Phi) is 3.74. The van der Waals surface area contributed by atoms with Crippen LogP contribution in [0.5, 0.6) is 0 Å². The van der Waals surface area contributed by atoms with Gasteiger partial charge in [-0.15, -0.1) is 0 Å². The highest BCUT2D eigenvalue weighted by Gasteiger charge is 1.95. The van der Waals surface area contributed by atoms with E-state index in [1.807, 2.05) is 18.2 Å². The minimum absolute atomic E-state index is 0.591. The van der Waals surface area contributed by atoms with Crippen LogP contribution in [0.3, 0.4) is 0 Å². The number of aromatic nitrogens is 1. The van der Waals surface area contributed by atoms with Crippen molar-refractivity contribution < 1.29 is 4.74 Å². The largest absolute Gasteiger partial charge is 0.375 e. The lowest BCUT2D eigenvalue weighted by Crippen LogP contribution is -2.02. The van der Waals surface area contributed by atoms with Crippen LogP contribution in [0.25, 0.3) is 0 Å². The molecule has 0 bridgehead atoms. The molecular formula is C10H15NO. The molecule has 0 unspecified atom stereocenters. The van der Waals surface area contributed by atoms with Crippen LogP contribution >= 0.6 is 0 Å². The molecule has 0 saturated carbocycles. The fourth-order valence-electron chi connectivity index (χ4n) is 0.883. The summed E-state index contributed by atoms with van der Waals surface area (Å²) in [6.07, 6.45) is 1.79. The molecule has 0 aliphatic heterocycles. The monoisotopic (exact) mass is 165 g/mol. The summed E-state index contributed by atoms with van der Waals surface area (Å²) in [7, 11) is 0. The highest BCUT2D eigenvalue weighted by molar-refractivity contribution is 5.01. The van der Waals surface area contributed by atoms with E-state index < -0.39 is 0 Å². The Balaban J connectivity index is 2.25. The Bertz CT molecular complexity index is 208. The van der Waals surface area contributed by atoms with E-state index in [0.29, 0.717) is 12.5 Å². The van der Waals surface area contributed by atoms with Crippen molar-refractivity contribution in [3.8, 4) is 0 Å². The Morgan fingerprint density at radius 1 is 1.42 bits per heavy atom. The summed E-state index contributed by atoms with van der Waals surface area (Å²) in [5.41, 5.74) is 0.998. The standard InChI is InChI=1S/C10H15NO/c1-9(2)7-12-8-10-5-3-4-6-11-10/h3-6,9H,7-8H2,1-2H3. The van der Waals surface area contributed by atoms with Gasteiger partial charge in [0.05, 0.1) is 12.3 Å². The van der Waals surface area contributed by atoms with E-state index in [0.717, 1.165) is 12.3 Å². The lowest BCUT2D eigenvalue weighted by atomic mass is 10.2. The van der Waals surface area contributed by atoms with Crippen molar-refractivity contribution in [2.75, 3.05) is 6.61 Å². The summed E-state index contributed by atoms with van der Waals surface area (Å²) in [4.78, 5) is 4.15. The van der Waals surface area contributed by atoms with Crippen molar-refractivity contribution in [1.29, 1.82) is 0 Å². The Hall–Kier alpha value is -0.890. The van der Waals surface area contributed by atoms with E-state index in [4.69, 9.17) is 4.74 Å². The van der Waals surface area contributed by atoms with Crippen LogP contribution in [-0.4, -0.2) is 11.6 Å². The van der Waals surface area contributed by atoms with E-state index in [-0.39, 0.29) is 0 Å². The summed E-state index contributed by atoms with van der Waals surface area (Å²) >= 11 is 0. The van der Waals surface area contributed by atoms with Gasteiger partial charge in [0.2, 0.25) is 0 Å². The molecule has 0 saturated heterocycles. The SMILES string of the molecule is CC(C)COCc1ccccn1. The molecule has 0 radical (unpaired) electrons. The van der Waals surface area contributed by atoms with Gasteiger partial charge in [-0.2, -0.15) is 0 Å². The molecule has 0 aliphatic carbocycles. The highest BCUT2D eigenvalue weighted by Crippen LogP contribution is 1.98. The zero-order valence-corrected chi connectivity index (χ0v) is 7.66. The Labute approximate surface area is 73.6 Å². The maximum absolute atomic E-state index is 5.42. The van der Waals surface area contributed by atoms with Crippen LogP contribution in [0, 0.1) is 5.92 Å². The normalized spacial score (nSPS) is 10.6. The lowest BCUT2D eigenvalue weighted by molar-refractivity contribution is 0.0948. The highest BCUT2D eigenvalue weighted by atomic mass is 16.5.